The zero-order valence-electron chi connectivity index (χ0n) is 15.2. The molecule has 5 nitrogen and oxygen atoms in total. The van der Waals surface area contributed by atoms with Gasteiger partial charge in [0.25, 0.3) is 5.91 Å². The molecule has 1 aliphatic carbocycles. The predicted octanol–water partition coefficient (Wildman–Crippen LogP) is 4.02. The second kappa shape index (κ2) is 7.16. The van der Waals surface area contributed by atoms with Crippen LogP contribution < -0.4 is 0 Å². The first-order valence-corrected chi connectivity index (χ1v) is 9.26. The highest BCUT2D eigenvalue weighted by Gasteiger charge is 2.47. The molecule has 1 saturated heterocycles. The molecule has 0 N–H and O–H groups in total. The second-order valence-corrected chi connectivity index (χ2v) is 7.40. The fourth-order valence-electron chi connectivity index (χ4n) is 4.18. The third-order valence-electron chi connectivity index (χ3n) is 5.67. The number of carbonyl (C=O) groups is 1. The molecule has 1 aromatic heterocycles. The summed E-state index contributed by atoms with van der Waals surface area (Å²) < 4.78 is 45.2. The van der Waals surface area contributed by atoms with E-state index in [-0.39, 0.29) is 12.5 Å². The van der Waals surface area contributed by atoms with E-state index in [0.717, 1.165) is 37.8 Å². The maximum atomic E-state index is 13.2. The predicted molar refractivity (Wildman–Crippen MR) is 94.4 cm³/mol. The number of rotatable bonds is 2. The van der Waals surface area contributed by atoms with Gasteiger partial charge in [0, 0.05) is 0 Å². The average molecular weight is 391 g/mol. The lowest BCUT2D eigenvalue weighted by Gasteiger charge is -2.47. The van der Waals surface area contributed by atoms with Gasteiger partial charge in [-0.1, -0.05) is 25.0 Å². The quantitative estimate of drug-likeness (QED) is 0.776. The monoisotopic (exact) mass is 391 g/mol. The molecule has 148 valence electrons. The minimum absolute atomic E-state index is 0.183. The zero-order chi connectivity index (χ0) is 19.8. The van der Waals surface area contributed by atoms with E-state index in [1.807, 2.05) is 0 Å². The summed E-state index contributed by atoms with van der Waals surface area (Å²) in [5, 5.41) is 7.48. The van der Waals surface area contributed by atoms with Crippen molar-refractivity contribution in [2.75, 3.05) is 13.2 Å². The summed E-state index contributed by atoms with van der Waals surface area (Å²) >= 11 is 0. The van der Waals surface area contributed by atoms with Gasteiger partial charge in [-0.15, -0.1) is 0 Å². The molecule has 2 aromatic rings. The molecule has 8 heteroatoms. The van der Waals surface area contributed by atoms with Crippen molar-refractivity contribution in [2.24, 2.45) is 0 Å². The molecular weight excluding hydrogens is 371 g/mol. The molecule has 2 heterocycles. The summed E-state index contributed by atoms with van der Waals surface area (Å²) in [7, 11) is 0. The van der Waals surface area contributed by atoms with Crippen molar-refractivity contribution in [1.82, 2.24) is 15.1 Å². The minimum atomic E-state index is -4.42. The van der Waals surface area contributed by atoms with Gasteiger partial charge in [0.05, 0.1) is 42.2 Å². The van der Waals surface area contributed by atoms with Gasteiger partial charge in [-0.25, -0.2) is 0 Å². The number of hydrogen-bond donors (Lipinski definition) is 0. The van der Waals surface area contributed by atoms with Gasteiger partial charge in [0.15, 0.2) is 0 Å². The molecule has 1 aromatic carbocycles. The number of aromatic nitrogens is 2. The van der Waals surface area contributed by atoms with Crippen molar-refractivity contribution in [2.45, 2.75) is 43.5 Å². The molecule has 1 aliphatic heterocycles. The lowest BCUT2D eigenvalue weighted by Crippen LogP contribution is -2.58. The largest absolute Gasteiger partial charge is 0.416 e. The van der Waals surface area contributed by atoms with Gasteiger partial charge < -0.3 is 9.64 Å². The Kier molecular flexibility index (Phi) is 4.82. The Hall–Kier alpha value is -2.48. The van der Waals surface area contributed by atoms with E-state index in [1.54, 1.807) is 17.0 Å². The Balaban J connectivity index is 1.64. The van der Waals surface area contributed by atoms with Crippen LogP contribution in [0.1, 0.15) is 53.3 Å². The topological polar surface area (TPSA) is 55.3 Å². The van der Waals surface area contributed by atoms with E-state index in [4.69, 9.17) is 4.74 Å². The van der Waals surface area contributed by atoms with Crippen LogP contribution in [0, 0.1) is 0 Å². The smallest absolute Gasteiger partial charge is 0.369 e. The van der Waals surface area contributed by atoms with Gasteiger partial charge >= 0.3 is 6.18 Å². The summed E-state index contributed by atoms with van der Waals surface area (Å²) in [6.07, 6.45) is 1.49. The Morgan fingerprint density at radius 3 is 2.64 bits per heavy atom. The molecule has 0 bridgehead atoms. The van der Waals surface area contributed by atoms with E-state index < -0.39 is 23.4 Å². The first-order valence-electron chi connectivity index (χ1n) is 9.26. The van der Waals surface area contributed by atoms with E-state index in [9.17, 15) is 18.0 Å². The number of nitrogens with zero attached hydrogens (tertiary/aromatic N) is 3. The Morgan fingerprint density at radius 2 is 1.96 bits per heavy atom. The van der Waals surface area contributed by atoms with Crippen molar-refractivity contribution in [3.8, 4) is 0 Å². The summed E-state index contributed by atoms with van der Waals surface area (Å²) in [6, 6.07) is 6.74. The highest BCUT2D eigenvalue weighted by molar-refractivity contribution is 5.94. The van der Waals surface area contributed by atoms with Crippen LogP contribution in [-0.2, 0) is 10.9 Å². The fraction of sp³-hybridized carbons (Fsp3) is 0.450. The molecule has 2 aliphatic rings. The third-order valence-corrected chi connectivity index (χ3v) is 5.67. The number of alkyl halides is 3. The lowest BCUT2D eigenvalue weighted by molar-refractivity contribution is -0.138. The van der Waals surface area contributed by atoms with Crippen LogP contribution in [0.4, 0.5) is 13.2 Å². The van der Waals surface area contributed by atoms with Gasteiger partial charge in [-0.3, -0.25) is 4.79 Å². The molecule has 2 fully saturated rings. The maximum Gasteiger partial charge on any atom is 0.416 e. The summed E-state index contributed by atoms with van der Waals surface area (Å²) in [6.45, 7) is 0.528. The number of ether oxygens (including phenoxy) is 1. The van der Waals surface area contributed by atoms with Crippen molar-refractivity contribution < 1.29 is 22.7 Å². The molecule has 0 radical (unpaired) electrons. The Bertz CT molecular complexity index is 851. The van der Waals surface area contributed by atoms with Crippen LogP contribution in [0.2, 0.25) is 0 Å². The van der Waals surface area contributed by atoms with Crippen LogP contribution in [-0.4, -0.2) is 39.7 Å². The van der Waals surface area contributed by atoms with Crippen LogP contribution in [0.25, 0.3) is 0 Å². The number of carbonyl (C=O) groups excluding carboxylic acids is 1. The van der Waals surface area contributed by atoms with Crippen LogP contribution in [0.15, 0.2) is 42.7 Å². The third kappa shape index (κ3) is 3.48. The fourth-order valence-corrected chi connectivity index (χ4v) is 4.18. The van der Waals surface area contributed by atoms with Crippen molar-refractivity contribution in [3.05, 3.63) is 59.4 Å². The van der Waals surface area contributed by atoms with E-state index >= 15 is 0 Å². The second-order valence-electron chi connectivity index (χ2n) is 7.40. The summed E-state index contributed by atoms with van der Waals surface area (Å²) in [5.74, 6) is -0.183. The van der Waals surface area contributed by atoms with Gasteiger partial charge in [-0.05, 0) is 36.6 Å². The van der Waals surface area contributed by atoms with E-state index in [2.05, 4.69) is 10.2 Å². The minimum Gasteiger partial charge on any atom is -0.369 e. The highest BCUT2D eigenvalue weighted by Crippen LogP contribution is 2.42. The van der Waals surface area contributed by atoms with Gasteiger partial charge in [-0.2, -0.15) is 23.4 Å². The van der Waals surface area contributed by atoms with Crippen LogP contribution >= 0.6 is 0 Å². The van der Waals surface area contributed by atoms with Crippen molar-refractivity contribution >= 4 is 5.91 Å². The number of benzene rings is 1. The zero-order valence-corrected chi connectivity index (χ0v) is 15.2. The molecule has 1 unspecified atom stereocenters. The molecular formula is C20H20F3N3O2. The molecule has 1 spiro atoms. The first-order chi connectivity index (χ1) is 13.4. The molecule has 4 rings (SSSR count). The van der Waals surface area contributed by atoms with E-state index in [0.29, 0.717) is 17.7 Å². The van der Waals surface area contributed by atoms with Crippen LogP contribution in [0.3, 0.4) is 0 Å². The number of hydrogen-bond acceptors (Lipinski definition) is 4. The van der Waals surface area contributed by atoms with Crippen LogP contribution in [0.5, 0.6) is 0 Å². The standard InChI is InChI=1S/C20H20F3N3O2/c21-20(22,23)16-5-3-4-14(10-16)17-12-26(18(27)15-6-9-24-25-11-15)19(13-28-17)7-1-2-8-19/h3-6,9-11,17H,1-2,7-8,12-13H2. The Labute approximate surface area is 160 Å². The van der Waals surface area contributed by atoms with E-state index in [1.165, 1.54) is 18.5 Å². The highest BCUT2D eigenvalue weighted by atomic mass is 19.4. The maximum absolute atomic E-state index is 13.2. The molecule has 1 atom stereocenters. The first kappa shape index (κ1) is 18.9. The summed E-state index contributed by atoms with van der Waals surface area (Å²) in [5.41, 5.74) is -0.274. The van der Waals surface area contributed by atoms with Crippen molar-refractivity contribution in [3.63, 3.8) is 0 Å². The SMILES string of the molecule is O=C(c1ccnnc1)N1CC(c2cccc(C(F)(F)F)c2)OCC12CCCC2. The molecule has 1 saturated carbocycles. The number of halogens is 3. The lowest BCUT2D eigenvalue weighted by atomic mass is 9.91. The van der Waals surface area contributed by atoms with Crippen molar-refractivity contribution in [1.29, 1.82) is 0 Å². The Morgan fingerprint density at radius 1 is 1.18 bits per heavy atom. The summed E-state index contributed by atoms with van der Waals surface area (Å²) in [4.78, 5) is 15.0. The number of amides is 1. The van der Waals surface area contributed by atoms with Gasteiger partial charge in [0.1, 0.15) is 6.10 Å². The average Bonchev–Trinajstić information content (AvgIpc) is 3.17. The van der Waals surface area contributed by atoms with Gasteiger partial charge in [0.2, 0.25) is 0 Å². The normalized spacial score (nSPS) is 21.8. The number of morpholine rings is 1. The molecule has 1 amide bonds. The molecule has 28 heavy (non-hydrogen) atoms.